The molecule has 29 heavy (non-hydrogen) atoms. The number of rotatable bonds is 6. The van der Waals surface area contributed by atoms with Gasteiger partial charge in [0, 0.05) is 26.2 Å². The summed E-state index contributed by atoms with van der Waals surface area (Å²) in [5, 5.41) is 5.27. The second-order valence-electron chi connectivity index (χ2n) is 7.35. The van der Waals surface area contributed by atoms with Gasteiger partial charge in [-0.1, -0.05) is 42.5 Å². The molecule has 3 rings (SSSR count). The third-order valence-electron chi connectivity index (χ3n) is 5.20. The molecule has 0 unspecified atom stereocenters. The van der Waals surface area contributed by atoms with Gasteiger partial charge in [-0.15, -0.1) is 0 Å². The summed E-state index contributed by atoms with van der Waals surface area (Å²) in [6.45, 7) is 4.04. The minimum Gasteiger partial charge on any atom is -0.352 e. The summed E-state index contributed by atoms with van der Waals surface area (Å²) in [4.78, 5) is 12.9. The zero-order chi connectivity index (χ0) is 21.2. The van der Waals surface area contributed by atoms with E-state index in [9.17, 15) is 13.2 Å². The average Bonchev–Trinajstić information content (AvgIpc) is 2.69. The van der Waals surface area contributed by atoms with Crippen molar-refractivity contribution in [3.05, 3.63) is 76.9 Å². The number of sulfonamides is 1. The van der Waals surface area contributed by atoms with Crippen LogP contribution in [0.3, 0.4) is 0 Å². The highest BCUT2D eigenvalue weighted by Crippen LogP contribution is 2.23. The molecule has 0 aliphatic rings. The van der Waals surface area contributed by atoms with Crippen LogP contribution in [0.4, 0.5) is 0 Å². The molecular formula is C23H26N2O3S. The van der Waals surface area contributed by atoms with Gasteiger partial charge in [0.05, 0.1) is 4.90 Å². The largest absolute Gasteiger partial charge is 0.352 e. The van der Waals surface area contributed by atoms with Gasteiger partial charge in [-0.05, 0) is 59.9 Å². The third kappa shape index (κ3) is 4.33. The van der Waals surface area contributed by atoms with Crippen molar-refractivity contribution in [2.24, 2.45) is 0 Å². The molecule has 0 aliphatic heterocycles. The van der Waals surface area contributed by atoms with Crippen LogP contribution >= 0.6 is 0 Å². The number of aryl methyl sites for hydroxylation is 1. The maximum atomic E-state index is 12.7. The first-order valence-corrected chi connectivity index (χ1v) is 10.9. The number of carbonyl (C=O) groups is 1. The smallest absolute Gasteiger partial charge is 0.251 e. The number of fused-ring (bicyclic) bond motifs is 1. The topological polar surface area (TPSA) is 66.5 Å². The average molecular weight is 411 g/mol. The zero-order valence-electron chi connectivity index (χ0n) is 17.2. The van der Waals surface area contributed by atoms with Crippen LogP contribution in [0.1, 0.15) is 27.0 Å². The molecule has 0 fully saturated rings. The summed E-state index contributed by atoms with van der Waals surface area (Å²) < 4.78 is 26.4. The first-order chi connectivity index (χ1) is 13.7. The van der Waals surface area contributed by atoms with Gasteiger partial charge >= 0.3 is 0 Å². The van der Waals surface area contributed by atoms with E-state index in [2.05, 4.69) is 29.6 Å². The number of hydrogen-bond acceptors (Lipinski definition) is 3. The maximum absolute atomic E-state index is 12.7. The fourth-order valence-corrected chi connectivity index (χ4v) is 4.56. The Morgan fingerprint density at radius 2 is 1.69 bits per heavy atom. The lowest BCUT2D eigenvalue weighted by Crippen LogP contribution is -2.27. The number of carbonyl (C=O) groups excluding carboxylic acids is 1. The van der Waals surface area contributed by atoms with Crippen LogP contribution in [0.25, 0.3) is 10.8 Å². The maximum Gasteiger partial charge on any atom is 0.251 e. The van der Waals surface area contributed by atoms with Crippen molar-refractivity contribution in [2.75, 3.05) is 20.6 Å². The molecule has 3 aromatic rings. The Morgan fingerprint density at radius 3 is 2.41 bits per heavy atom. The molecule has 0 radical (unpaired) electrons. The predicted molar refractivity (Wildman–Crippen MR) is 117 cm³/mol. The molecule has 0 atom stereocenters. The Balaban J connectivity index is 1.78. The molecule has 1 amide bonds. The van der Waals surface area contributed by atoms with Crippen LogP contribution in [0.2, 0.25) is 0 Å². The van der Waals surface area contributed by atoms with E-state index < -0.39 is 10.0 Å². The number of benzene rings is 3. The highest BCUT2D eigenvalue weighted by atomic mass is 32.2. The first kappa shape index (κ1) is 21.0. The fourth-order valence-electron chi connectivity index (χ4n) is 3.35. The number of nitrogens with one attached hydrogen (secondary N) is 1. The van der Waals surface area contributed by atoms with Gasteiger partial charge in [-0.25, -0.2) is 12.7 Å². The number of amides is 1. The molecule has 0 aromatic heterocycles. The lowest BCUT2D eigenvalue weighted by Gasteiger charge is -2.16. The van der Waals surface area contributed by atoms with Gasteiger partial charge in [-0.3, -0.25) is 4.79 Å². The van der Waals surface area contributed by atoms with Gasteiger partial charge in [0.25, 0.3) is 5.91 Å². The molecule has 0 saturated carbocycles. The molecule has 1 N–H and O–H groups in total. The summed E-state index contributed by atoms with van der Waals surface area (Å²) in [6.07, 6.45) is 0.695. The third-order valence-corrected chi connectivity index (χ3v) is 7.14. The molecule has 3 aromatic carbocycles. The number of hydrogen-bond donors (Lipinski definition) is 1. The Bertz CT molecular complexity index is 1160. The van der Waals surface area contributed by atoms with E-state index in [0.717, 1.165) is 9.87 Å². The van der Waals surface area contributed by atoms with E-state index in [1.54, 1.807) is 13.0 Å². The molecule has 5 nitrogen and oxygen atoms in total. The van der Waals surface area contributed by atoms with E-state index in [1.165, 1.54) is 36.5 Å². The van der Waals surface area contributed by atoms with Crippen LogP contribution in [0.5, 0.6) is 0 Å². The van der Waals surface area contributed by atoms with Gasteiger partial charge in [0.2, 0.25) is 10.0 Å². The van der Waals surface area contributed by atoms with Crippen molar-refractivity contribution in [2.45, 2.75) is 25.2 Å². The normalized spacial score (nSPS) is 11.8. The van der Waals surface area contributed by atoms with Crippen LogP contribution in [0, 0.1) is 13.8 Å². The van der Waals surface area contributed by atoms with Gasteiger partial charge in [0.1, 0.15) is 0 Å². The van der Waals surface area contributed by atoms with E-state index in [-0.39, 0.29) is 10.8 Å². The molecule has 0 bridgehead atoms. The van der Waals surface area contributed by atoms with Crippen molar-refractivity contribution in [3.63, 3.8) is 0 Å². The summed E-state index contributed by atoms with van der Waals surface area (Å²) in [6, 6.07) is 17.5. The molecule has 0 heterocycles. The minimum atomic E-state index is -3.62. The Labute approximate surface area is 172 Å². The van der Waals surface area contributed by atoms with E-state index in [1.807, 2.05) is 25.1 Å². The Kier molecular flexibility index (Phi) is 6.05. The minimum absolute atomic E-state index is 0.168. The van der Waals surface area contributed by atoms with Crippen molar-refractivity contribution >= 4 is 26.7 Å². The SMILES string of the molecule is Cc1cc(C(=O)NCCc2cccc3ccccc23)cc(S(=O)(=O)N(C)C)c1C. The highest BCUT2D eigenvalue weighted by molar-refractivity contribution is 7.89. The first-order valence-electron chi connectivity index (χ1n) is 9.50. The summed E-state index contributed by atoms with van der Waals surface area (Å²) in [5.74, 6) is -0.274. The standard InChI is InChI=1S/C23H26N2O3S/c1-16-14-20(15-22(17(16)2)29(27,28)25(3)4)23(26)24-13-12-19-10-7-9-18-8-5-6-11-21(18)19/h5-11,14-15H,12-13H2,1-4H3,(H,24,26). The Morgan fingerprint density at radius 1 is 1.00 bits per heavy atom. The van der Waals surface area contributed by atoms with Gasteiger partial charge < -0.3 is 5.32 Å². The van der Waals surface area contributed by atoms with Crippen LogP contribution < -0.4 is 5.32 Å². The molecular weight excluding hydrogens is 384 g/mol. The molecule has 0 saturated heterocycles. The molecule has 0 spiro atoms. The lowest BCUT2D eigenvalue weighted by atomic mass is 10.0. The van der Waals surface area contributed by atoms with E-state index in [4.69, 9.17) is 0 Å². The second-order valence-corrected chi connectivity index (χ2v) is 9.47. The van der Waals surface area contributed by atoms with Crippen LogP contribution in [-0.2, 0) is 16.4 Å². The van der Waals surface area contributed by atoms with Gasteiger partial charge in [-0.2, -0.15) is 0 Å². The quantitative estimate of drug-likeness (QED) is 0.674. The lowest BCUT2D eigenvalue weighted by molar-refractivity contribution is 0.0954. The van der Waals surface area contributed by atoms with E-state index >= 15 is 0 Å². The van der Waals surface area contributed by atoms with Crippen LogP contribution in [-0.4, -0.2) is 39.3 Å². The van der Waals surface area contributed by atoms with Crippen molar-refractivity contribution in [1.29, 1.82) is 0 Å². The summed E-state index contributed by atoms with van der Waals surface area (Å²) in [5.41, 5.74) is 2.95. The van der Waals surface area contributed by atoms with Crippen molar-refractivity contribution in [3.8, 4) is 0 Å². The van der Waals surface area contributed by atoms with E-state index in [0.29, 0.717) is 24.1 Å². The molecule has 0 aliphatic carbocycles. The Hall–Kier alpha value is -2.70. The van der Waals surface area contributed by atoms with Crippen molar-refractivity contribution < 1.29 is 13.2 Å². The monoisotopic (exact) mass is 410 g/mol. The zero-order valence-corrected chi connectivity index (χ0v) is 18.0. The number of nitrogens with zero attached hydrogens (tertiary/aromatic N) is 1. The second kappa shape index (κ2) is 8.35. The molecule has 152 valence electrons. The van der Waals surface area contributed by atoms with Crippen molar-refractivity contribution in [1.82, 2.24) is 9.62 Å². The fraction of sp³-hybridized carbons (Fsp3) is 0.261. The highest BCUT2D eigenvalue weighted by Gasteiger charge is 2.22. The molecule has 6 heteroatoms. The van der Waals surface area contributed by atoms with Gasteiger partial charge in [0.15, 0.2) is 0 Å². The summed E-state index contributed by atoms with van der Waals surface area (Å²) in [7, 11) is -0.646. The summed E-state index contributed by atoms with van der Waals surface area (Å²) >= 11 is 0. The predicted octanol–water partition coefficient (Wildman–Crippen LogP) is 3.68. The van der Waals surface area contributed by atoms with Crippen LogP contribution in [0.15, 0.2) is 59.5 Å².